The summed E-state index contributed by atoms with van der Waals surface area (Å²) < 4.78 is 26.4. The van der Waals surface area contributed by atoms with E-state index in [1.165, 1.54) is 9.18 Å². The number of nitrogens with two attached hydrogens (primary N) is 1. The van der Waals surface area contributed by atoms with Gasteiger partial charge in [-0.3, -0.25) is 0 Å². The van der Waals surface area contributed by atoms with Crippen LogP contribution in [0.1, 0.15) is 9.75 Å². The van der Waals surface area contributed by atoms with Gasteiger partial charge in [-0.1, -0.05) is 18.3 Å². The lowest BCUT2D eigenvalue weighted by Gasteiger charge is -2.15. The van der Waals surface area contributed by atoms with Crippen molar-refractivity contribution in [1.29, 1.82) is 0 Å². The minimum Gasteiger partial charge on any atom is -0.389 e. The Morgan fingerprint density at radius 3 is 2.70 bits per heavy atom. The molecule has 0 saturated carbocycles. The molecule has 2 aromatic heterocycles. The van der Waals surface area contributed by atoms with Crippen LogP contribution >= 0.6 is 34.9 Å². The van der Waals surface area contributed by atoms with Crippen LogP contribution < -0.4 is 5.73 Å². The molecule has 4 nitrogen and oxygen atoms in total. The van der Waals surface area contributed by atoms with Gasteiger partial charge >= 0.3 is 0 Å². The topological polar surface area (TPSA) is 63.4 Å². The van der Waals surface area contributed by atoms with Gasteiger partial charge in [0.05, 0.1) is 4.88 Å². The molecule has 2 heterocycles. The number of likely N-dealkylation sites (N-methyl/N-ethyl adjacent to an activating group) is 1. The first kappa shape index (κ1) is 15.6. The van der Waals surface area contributed by atoms with Gasteiger partial charge in [0.2, 0.25) is 0 Å². The van der Waals surface area contributed by atoms with E-state index in [-0.39, 0.29) is 9.20 Å². The Hall–Kier alpha value is -0.800. The smallest absolute Gasteiger partial charge is 0.252 e. The molecule has 0 radical (unpaired) electrons. The van der Waals surface area contributed by atoms with Crippen molar-refractivity contribution in [2.24, 2.45) is 5.73 Å². The van der Waals surface area contributed by atoms with Crippen LogP contribution in [0, 0.1) is 0 Å². The predicted molar refractivity (Wildman–Crippen MR) is 88.0 cm³/mol. The Balaban J connectivity index is 2.10. The monoisotopic (exact) mass is 346 g/mol. The van der Waals surface area contributed by atoms with Crippen LogP contribution in [0.5, 0.6) is 0 Å². The average molecular weight is 347 g/mol. The van der Waals surface area contributed by atoms with Crippen LogP contribution in [-0.4, -0.2) is 31.3 Å². The fourth-order valence-electron chi connectivity index (χ4n) is 1.59. The number of sulfonamides is 1. The van der Waals surface area contributed by atoms with E-state index in [9.17, 15) is 8.42 Å². The van der Waals surface area contributed by atoms with Crippen molar-refractivity contribution < 1.29 is 8.42 Å². The van der Waals surface area contributed by atoms with E-state index >= 15 is 0 Å². The lowest BCUT2D eigenvalue weighted by atomic mass is 10.3. The number of thiophene rings is 2. The molecular formula is C12H14N2O2S4. The summed E-state index contributed by atoms with van der Waals surface area (Å²) >= 11 is 7.58. The van der Waals surface area contributed by atoms with Crippen LogP contribution in [0.25, 0.3) is 0 Å². The summed E-state index contributed by atoms with van der Waals surface area (Å²) in [4.78, 5) is 2.00. The second-order valence-corrected chi connectivity index (χ2v) is 8.97. The fraction of sp³-hybridized carbons (Fsp3) is 0.250. The highest BCUT2D eigenvalue weighted by Gasteiger charge is 2.23. The zero-order valence-corrected chi connectivity index (χ0v) is 14.0. The zero-order chi connectivity index (χ0) is 14.8. The van der Waals surface area contributed by atoms with Crippen molar-refractivity contribution in [3.05, 3.63) is 39.4 Å². The summed E-state index contributed by atoms with van der Waals surface area (Å²) in [6.45, 7) is 0.448. The van der Waals surface area contributed by atoms with Gasteiger partial charge in [0.25, 0.3) is 10.0 Å². The minimum absolute atomic E-state index is 0.220. The minimum atomic E-state index is -3.46. The van der Waals surface area contributed by atoms with Gasteiger partial charge in [-0.15, -0.1) is 22.7 Å². The molecule has 0 unspecified atom stereocenters. The summed E-state index contributed by atoms with van der Waals surface area (Å²) in [6.07, 6.45) is 0.709. The van der Waals surface area contributed by atoms with Crippen molar-refractivity contribution in [3.63, 3.8) is 0 Å². The normalized spacial score (nSPS) is 11.9. The van der Waals surface area contributed by atoms with E-state index in [0.29, 0.717) is 17.8 Å². The standard InChI is InChI=1S/C12H14N2O2S4/c1-14(7-6-9-3-2-8-18-9)20(15,16)11-5-4-10(19-11)12(13)17/h2-5,8H,6-7H2,1H3,(H2,13,17). The summed E-state index contributed by atoms with van der Waals surface area (Å²) in [5, 5.41) is 1.98. The molecule has 0 spiro atoms. The largest absolute Gasteiger partial charge is 0.389 e. The molecule has 0 saturated heterocycles. The Labute approximate surface area is 131 Å². The maximum atomic E-state index is 12.4. The van der Waals surface area contributed by atoms with E-state index in [2.05, 4.69) is 0 Å². The Kier molecular flexibility index (Phi) is 4.92. The van der Waals surface area contributed by atoms with Crippen molar-refractivity contribution in [2.45, 2.75) is 10.6 Å². The average Bonchev–Trinajstić information content (AvgIpc) is 3.06. The van der Waals surface area contributed by atoms with Crippen molar-refractivity contribution in [1.82, 2.24) is 4.31 Å². The number of thiocarbonyl (C=S) groups is 1. The van der Waals surface area contributed by atoms with Crippen molar-refractivity contribution in [3.8, 4) is 0 Å². The first-order valence-electron chi connectivity index (χ1n) is 5.79. The van der Waals surface area contributed by atoms with Crippen LogP contribution in [0.4, 0.5) is 0 Å². The summed E-state index contributed by atoms with van der Waals surface area (Å²) in [5.74, 6) is 0. The Morgan fingerprint density at radius 1 is 1.40 bits per heavy atom. The van der Waals surface area contributed by atoms with Crippen molar-refractivity contribution >= 4 is 49.9 Å². The molecule has 0 bridgehead atoms. The van der Waals surface area contributed by atoms with Crippen LogP contribution in [-0.2, 0) is 16.4 Å². The van der Waals surface area contributed by atoms with Gasteiger partial charge in [-0.2, -0.15) is 4.31 Å². The van der Waals surface area contributed by atoms with Crippen LogP contribution in [0.3, 0.4) is 0 Å². The molecule has 0 amide bonds. The molecule has 20 heavy (non-hydrogen) atoms. The molecule has 2 rings (SSSR count). The van der Waals surface area contributed by atoms with Gasteiger partial charge < -0.3 is 5.73 Å². The molecule has 8 heteroatoms. The van der Waals surface area contributed by atoms with E-state index in [1.807, 2.05) is 17.5 Å². The first-order valence-corrected chi connectivity index (χ1v) is 9.34. The van der Waals surface area contributed by atoms with Gasteiger partial charge in [0.15, 0.2) is 0 Å². The molecule has 0 aliphatic carbocycles. The lowest BCUT2D eigenvalue weighted by Crippen LogP contribution is -2.28. The molecule has 0 aliphatic heterocycles. The molecule has 2 N–H and O–H groups in total. The van der Waals surface area contributed by atoms with Gasteiger partial charge in [-0.05, 0) is 30.0 Å². The lowest BCUT2D eigenvalue weighted by molar-refractivity contribution is 0.475. The van der Waals surface area contributed by atoms with E-state index in [0.717, 1.165) is 11.3 Å². The summed E-state index contributed by atoms with van der Waals surface area (Å²) in [7, 11) is -1.88. The number of hydrogen-bond donors (Lipinski definition) is 1. The second-order valence-electron chi connectivity index (χ2n) is 4.14. The van der Waals surface area contributed by atoms with E-state index in [1.54, 1.807) is 30.5 Å². The number of rotatable bonds is 6. The van der Waals surface area contributed by atoms with Gasteiger partial charge in [0.1, 0.15) is 9.20 Å². The Morgan fingerprint density at radius 2 is 2.15 bits per heavy atom. The zero-order valence-electron chi connectivity index (χ0n) is 10.8. The number of nitrogens with zero attached hydrogens (tertiary/aromatic N) is 1. The summed E-state index contributed by atoms with van der Waals surface area (Å²) in [5.41, 5.74) is 5.50. The van der Waals surface area contributed by atoms with Gasteiger partial charge in [-0.25, -0.2) is 8.42 Å². The molecule has 0 aliphatic rings. The predicted octanol–water partition coefficient (Wildman–Crippen LogP) is 2.31. The molecule has 108 valence electrons. The highest BCUT2D eigenvalue weighted by molar-refractivity contribution is 7.91. The van der Waals surface area contributed by atoms with Gasteiger partial charge in [0, 0.05) is 18.5 Å². The third kappa shape index (κ3) is 3.44. The summed E-state index contributed by atoms with van der Waals surface area (Å²) in [6, 6.07) is 7.16. The fourth-order valence-corrected chi connectivity index (χ4v) is 5.02. The molecule has 0 aromatic carbocycles. The SMILES string of the molecule is CN(CCc1cccs1)S(=O)(=O)c1ccc(C(N)=S)s1. The molecular weight excluding hydrogens is 332 g/mol. The molecule has 0 atom stereocenters. The third-order valence-corrected chi connectivity index (χ3v) is 7.47. The van der Waals surface area contributed by atoms with Crippen molar-refractivity contribution in [2.75, 3.05) is 13.6 Å². The van der Waals surface area contributed by atoms with E-state index < -0.39 is 10.0 Å². The third-order valence-electron chi connectivity index (χ3n) is 2.74. The molecule has 0 fully saturated rings. The highest BCUT2D eigenvalue weighted by Crippen LogP contribution is 2.24. The van der Waals surface area contributed by atoms with Crippen LogP contribution in [0.15, 0.2) is 33.9 Å². The Bertz CT molecular complexity index is 689. The van der Waals surface area contributed by atoms with Crippen LogP contribution in [0.2, 0.25) is 0 Å². The first-order chi connectivity index (χ1) is 9.41. The maximum absolute atomic E-state index is 12.4. The maximum Gasteiger partial charge on any atom is 0.252 e. The number of hydrogen-bond acceptors (Lipinski definition) is 5. The van der Waals surface area contributed by atoms with E-state index in [4.69, 9.17) is 18.0 Å². The highest BCUT2D eigenvalue weighted by atomic mass is 32.2. The quantitative estimate of drug-likeness (QED) is 0.815. The molecule has 2 aromatic rings. The second kappa shape index (κ2) is 6.31.